The van der Waals surface area contributed by atoms with E-state index in [1.165, 1.54) is 23.9 Å². The number of anilines is 1. The molecule has 1 aromatic carbocycles. The molecule has 8 nitrogen and oxygen atoms in total. The first-order valence-corrected chi connectivity index (χ1v) is 7.28. The summed E-state index contributed by atoms with van der Waals surface area (Å²) in [5.74, 6) is -1.66. The van der Waals surface area contributed by atoms with Gasteiger partial charge in [0.05, 0.1) is 11.1 Å². The molecule has 1 aromatic heterocycles. The van der Waals surface area contributed by atoms with Gasteiger partial charge in [-0.15, -0.1) is 0 Å². The van der Waals surface area contributed by atoms with Crippen molar-refractivity contribution in [1.29, 1.82) is 0 Å². The van der Waals surface area contributed by atoms with Crippen molar-refractivity contribution in [2.24, 2.45) is 7.05 Å². The van der Waals surface area contributed by atoms with Gasteiger partial charge in [-0.3, -0.25) is 9.40 Å². The Morgan fingerprint density at radius 3 is 2.57 bits per heavy atom. The van der Waals surface area contributed by atoms with E-state index in [1.807, 2.05) is 0 Å². The van der Waals surface area contributed by atoms with E-state index >= 15 is 0 Å². The van der Waals surface area contributed by atoms with E-state index in [0.717, 1.165) is 12.1 Å². The van der Waals surface area contributed by atoms with E-state index in [4.69, 9.17) is 5.11 Å². The van der Waals surface area contributed by atoms with Crippen molar-refractivity contribution in [2.75, 3.05) is 4.72 Å². The van der Waals surface area contributed by atoms with Gasteiger partial charge in [-0.2, -0.15) is 5.10 Å². The molecule has 9 heteroatoms. The highest BCUT2D eigenvalue weighted by Gasteiger charge is 2.22. The van der Waals surface area contributed by atoms with Crippen molar-refractivity contribution in [2.45, 2.75) is 11.8 Å². The van der Waals surface area contributed by atoms with Gasteiger partial charge in [0.2, 0.25) is 0 Å². The third-order valence-electron chi connectivity index (χ3n) is 2.87. The van der Waals surface area contributed by atoms with Crippen LogP contribution >= 0.6 is 0 Å². The molecule has 0 fully saturated rings. The van der Waals surface area contributed by atoms with E-state index in [1.54, 1.807) is 7.05 Å². The number of carbonyl (C=O) groups is 1. The minimum Gasteiger partial charge on any atom is -0.507 e. The van der Waals surface area contributed by atoms with Crippen LogP contribution in [0.15, 0.2) is 29.3 Å². The van der Waals surface area contributed by atoms with Crippen LogP contribution in [0.2, 0.25) is 0 Å². The Kier molecular flexibility index (Phi) is 3.60. The average Bonchev–Trinajstić information content (AvgIpc) is 2.73. The minimum absolute atomic E-state index is 0.223. The molecule has 0 unspecified atom stereocenters. The summed E-state index contributed by atoms with van der Waals surface area (Å²) in [5, 5.41) is 22.3. The summed E-state index contributed by atoms with van der Waals surface area (Å²) in [6.45, 7) is 1.46. The molecular weight excluding hydrogens is 298 g/mol. The van der Waals surface area contributed by atoms with Crippen molar-refractivity contribution in [3.05, 3.63) is 35.5 Å². The first-order chi connectivity index (χ1) is 9.72. The molecule has 0 bridgehead atoms. The molecule has 2 aromatic rings. The van der Waals surface area contributed by atoms with Crippen LogP contribution < -0.4 is 4.72 Å². The predicted molar refractivity (Wildman–Crippen MR) is 73.8 cm³/mol. The zero-order valence-corrected chi connectivity index (χ0v) is 12.0. The molecule has 3 N–H and O–H groups in total. The van der Waals surface area contributed by atoms with Crippen LogP contribution in [0.5, 0.6) is 5.75 Å². The van der Waals surface area contributed by atoms with Gasteiger partial charge in [0.25, 0.3) is 10.0 Å². The SMILES string of the molecule is Cc1cc(O)c(C(=O)O)cc1S(=O)(=O)Nc1ccnn1C. The Hall–Kier alpha value is -2.55. The van der Waals surface area contributed by atoms with Gasteiger partial charge in [-0.05, 0) is 24.6 Å². The largest absolute Gasteiger partial charge is 0.507 e. The third kappa shape index (κ3) is 2.82. The summed E-state index contributed by atoms with van der Waals surface area (Å²) in [7, 11) is -2.43. The van der Waals surface area contributed by atoms with Gasteiger partial charge in [0.1, 0.15) is 17.1 Å². The summed E-state index contributed by atoms with van der Waals surface area (Å²) >= 11 is 0. The third-order valence-corrected chi connectivity index (χ3v) is 4.37. The molecule has 21 heavy (non-hydrogen) atoms. The standard InChI is InChI=1S/C12H13N3O5S/c1-7-5-9(16)8(12(17)18)6-10(7)21(19,20)14-11-3-4-13-15(11)2/h3-6,14,16H,1-2H3,(H,17,18). The maximum absolute atomic E-state index is 12.3. The topological polar surface area (TPSA) is 122 Å². The van der Waals surface area contributed by atoms with Gasteiger partial charge >= 0.3 is 5.97 Å². The predicted octanol–water partition coefficient (Wildman–Crippen LogP) is 0.933. The summed E-state index contributed by atoms with van der Waals surface area (Å²) < 4.78 is 28.3. The van der Waals surface area contributed by atoms with Gasteiger partial charge in [0, 0.05) is 13.1 Å². The molecule has 1 heterocycles. The number of aryl methyl sites for hydroxylation is 2. The van der Waals surface area contributed by atoms with Crippen LogP contribution in [-0.2, 0) is 17.1 Å². The number of hydrogen-bond donors (Lipinski definition) is 3. The Morgan fingerprint density at radius 1 is 1.38 bits per heavy atom. The zero-order chi connectivity index (χ0) is 15.8. The van der Waals surface area contributed by atoms with Crippen molar-refractivity contribution in [3.8, 4) is 5.75 Å². The van der Waals surface area contributed by atoms with E-state index < -0.39 is 27.3 Å². The second-order valence-corrected chi connectivity index (χ2v) is 6.04. The molecule has 0 radical (unpaired) electrons. The Bertz CT molecular complexity index is 810. The first-order valence-electron chi connectivity index (χ1n) is 5.80. The molecule has 2 rings (SSSR count). The summed E-state index contributed by atoms with van der Waals surface area (Å²) in [5.41, 5.74) is -0.252. The van der Waals surface area contributed by atoms with Crippen LogP contribution in [0.1, 0.15) is 15.9 Å². The number of sulfonamides is 1. The van der Waals surface area contributed by atoms with Crippen LogP contribution in [0.3, 0.4) is 0 Å². The number of aromatic nitrogens is 2. The maximum Gasteiger partial charge on any atom is 0.339 e. The highest BCUT2D eigenvalue weighted by Crippen LogP contribution is 2.26. The van der Waals surface area contributed by atoms with E-state index in [-0.39, 0.29) is 16.3 Å². The molecule has 0 aliphatic rings. The van der Waals surface area contributed by atoms with E-state index in [0.29, 0.717) is 0 Å². The number of aromatic carboxylic acids is 1. The van der Waals surface area contributed by atoms with Crippen LogP contribution in [0.25, 0.3) is 0 Å². The fourth-order valence-electron chi connectivity index (χ4n) is 1.80. The normalized spacial score (nSPS) is 11.3. The number of aromatic hydroxyl groups is 1. The number of phenols is 1. The van der Waals surface area contributed by atoms with Crippen LogP contribution in [-0.4, -0.2) is 34.4 Å². The lowest BCUT2D eigenvalue weighted by Crippen LogP contribution is -2.17. The molecule has 0 aliphatic heterocycles. The first kappa shape index (κ1) is 14.9. The van der Waals surface area contributed by atoms with Gasteiger partial charge in [-0.25, -0.2) is 13.2 Å². The lowest BCUT2D eigenvalue weighted by molar-refractivity contribution is 0.0693. The van der Waals surface area contributed by atoms with Crippen LogP contribution in [0.4, 0.5) is 5.82 Å². The lowest BCUT2D eigenvalue weighted by Gasteiger charge is -2.12. The highest BCUT2D eigenvalue weighted by atomic mass is 32.2. The fraction of sp³-hybridized carbons (Fsp3) is 0.167. The fourth-order valence-corrected chi connectivity index (χ4v) is 3.14. The van der Waals surface area contributed by atoms with E-state index in [9.17, 15) is 18.3 Å². The molecule has 0 aliphatic carbocycles. The molecular formula is C12H13N3O5S. The van der Waals surface area contributed by atoms with E-state index in [2.05, 4.69) is 9.82 Å². The number of rotatable bonds is 4. The lowest BCUT2D eigenvalue weighted by atomic mass is 10.1. The van der Waals surface area contributed by atoms with Crippen molar-refractivity contribution < 1.29 is 23.4 Å². The maximum atomic E-state index is 12.3. The van der Waals surface area contributed by atoms with Crippen molar-refractivity contribution in [1.82, 2.24) is 9.78 Å². The molecule has 0 saturated carbocycles. The number of hydrogen-bond acceptors (Lipinski definition) is 5. The van der Waals surface area contributed by atoms with Gasteiger partial charge < -0.3 is 10.2 Å². The number of carboxylic acids is 1. The average molecular weight is 311 g/mol. The monoisotopic (exact) mass is 311 g/mol. The van der Waals surface area contributed by atoms with Crippen molar-refractivity contribution >= 4 is 21.8 Å². The molecule has 0 spiro atoms. The van der Waals surface area contributed by atoms with Crippen molar-refractivity contribution in [3.63, 3.8) is 0 Å². The zero-order valence-electron chi connectivity index (χ0n) is 11.2. The Balaban J connectivity index is 2.52. The summed E-state index contributed by atoms with van der Waals surface area (Å²) in [4.78, 5) is 10.8. The number of nitrogens with one attached hydrogen (secondary N) is 1. The second kappa shape index (κ2) is 5.09. The molecule has 0 saturated heterocycles. The molecule has 112 valence electrons. The van der Waals surface area contributed by atoms with Gasteiger partial charge in [0.15, 0.2) is 0 Å². The number of nitrogens with zero attached hydrogens (tertiary/aromatic N) is 2. The van der Waals surface area contributed by atoms with Crippen LogP contribution in [0, 0.1) is 6.92 Å². The summed E-state index contributed by atoms with van der Waals surface area (Å²) in [6.07, 6.45) is 1.42. The second-order valence-electron chi connectivity index (χ2n) is 4.39. The quantitative estimate of drug-likeness (QED) is 0.772. The smallest absolute Gasteiger partial charge is 0.339 e. The minimum atomic E-state index is -3.99. The van der Waals surface area contributed by atoms with Gasteiger partial charge in [-0.1, -0.05) is 0 Å². The summed E-state index contributed by atoms with van der Waals surface area (Å²) in [6, 6.07) is 3.48. The highest BCUT2D eigenvalue weighted by molar-refractivity contribution is 7.92. The molecule has 0 amide bonds. The Morgan fingerprint density at radius 2 is 2.05 bits per heavy atom. The Labute approximate surface area is 120 Å². The number of carboxylic acid groups (broad SMARTS) is 1. The molecule has 0 atom stereocenters. The number of benzene rings is 1.